The third kappa shape index (κ3) is 5.51. The molecule has 178 valence electrons. The molecule has 0 radical (unpaired) electrons. The van der Waals surface area contributed by atoms with Gasteiger partial charge in [0, 0.05) is 57.2 Å². The molecular weight excluding hydrogens is 428 g/mol. The van der Waals surface area contributed by atoms with E-state index in [1.165, 1.54) is 11.1 Å². The van der Waals surface area contributed by atoms with Crippen molar-refractivity contribution in [2.45, 2.75) is 32.9 Å². The van der Waals surface area contributed by atoms with Crippen LogP contribution in [-0.4, -0.2) is 75.0 Å². The fraction of sp³-hybridized carbons (Fsp3) is 0.462. The second-order valence-corrected chi connectivity index (χ2v) is 9.41. The molecule has 0 N–H and O–H groups in total. The summed E-state index contributed by atoms with van der Waals surface area (Å²) in [5.74, 6) is 1.63. The SMILES string of the molecule is Cc1ccc(-c2noc(CN3CCN(C(=O)C4CCCN(Cc5cccnc5)C4)CC3)n2)cc1. The van der Waals surface area contributed by atoms with Gasteiger partial charge in [-0.05, 0) is 37.9 Å². The van der Waals surface area contributed by atoms with Gasteiger partial charge in [0.25, 0.3) is 0 Å². The monoisotopic (exact) mass is 460 g/mol. The first kappa shape index (κ1) is 22.7. The molecule has 2 saturated heterocycles. The third-order valence-corrected chi connectivity index (χ3v) is 6.80. The van der Waals surface area contributed by atoms with Crippen LogP contribution in [0.1, 0.15) is 29.9 Å². The molecule has 8 heteroatoms. The number of carbonyl (C=O) groups is 1. The quantitative estimate of drug-likeness (QED) is 0.560. The minimum atomic E-state index is 0.0879. The van der Waals surface area contributed by atoms with Gasteiger partial charge in [-0.3, -0.25) is 19.6 Å². The van der Waals surface area contributed by atoms with Gasteiger partial charge < -0.3 is 9.42 Å². The number of aromatic nitrogens is 3. The molecule has 2 fully saturated rings. The Bertz CT molecular complexity index is 1080. The smallest absolute Gasteiger partial charge is 0.241 e. The van der Waals surface area contributed by atoms with Crippen molar-refractivity contribution in [2.75, 3.05) is 39.3 Å². The Kier molecular flexibility index (Phi) is 6.97. The van der Waals surface area contributed by atoms with Gasteiger partial charge in [0.2, 0.25) is 17.6 Å². The van der Waals surface area contributed by atoms with Crippen molar-refractivity contribution >= 4 is 5.91 Å². The standard InChI is InChI=1S/C26H32N6O2/c1-20-6-8-22(9-7-20)25-28-24(34-29-25)19-30-12-14-32(15-13-30)26(33)23-5-3-11-31(18-23)17-21-4-2-10-27-16-21/h2,4,6-10,16,23H,3,5,11-15,17-19H2,1H3. The average Bonchev–Trinajstić information content (AvgIpc) is 3.34. The van der Waals surface area contributed by atoms with Crippen LogP contribution in [0.2, 0.25) is 0 Å². The van der Waals surface area contributed by atoms with Crippen LogP contribution in [0.3, 0.4) is 0 Å². The topological polar surface area (TPSA) is 78.6 Å². The van der Waals surface area contributed by atoms with E-state index < -0.39 is 0 Å². The van der Waals surface area contributed by atoms with E-state index in [4.69, 9.17) is 4.52 Å². The Morgan fingerprint density at radius 3 is 2.62 bits per heavy atom. The molecule has 0 aliphatic carbocycles. The van der Waals surface area contributed by atoms with Gasteiger partial charge in [-0.15, -0.1) is 0 Å². The number of hydrogen-bond acceptors (Lipinski definition) is 7. The highest BCUT2D eigenvalue weighted by Crippen LogP contribution is 2.22. The van der Waals surface area contributed by atoms with Gasteiger partial charge in [-0.2, -0.15) is 4.98 Å². The number of hydrogen-bond donors (Lipinski definition) is 0. The summed E-state index contributed by atoms with van der Waals surface area (Å²) in [5, 5.41) is 4.14. The van der Waals surface area contributed by atoms with Crippen molar-refractivity contribution in [3.63, 3.8) is 0 Å². The van der Waals surface area contributed by atoms with Crippen LogP contribution >= 0.6 is 0 Å². The van der Waals surface area contributed by atoms with E-state index in [9.17, 15) is 4.79 Å². The lowest BCUT2D eigenvalue weighted by molar-refractivity contribution is -0.139. The predicted octanol–water partition coefficient (Wildman–Crippen LogP) is 3.00. The summed E-state index contributed by atoms with van der Waals surface area (Å²) >= 11 is 0. The van der Waals surface area contributed by atoms with E-state index in [0.717, 1.165) is 64.2 Å². The van der Waals surface area contributed by atoms with E-state index in [0.29, 0.717) is 24.2 Å². The van der Waals surface area contributed by atoms with Crippen LogP contribution in [0.25, 0.3) is 11.4 Å². The molecule has 0 bridgehead atoms. The lowest BCUT2D eigenvalue weighted by Gasteiger charge is -2.38. The highest BCUT2D eigenvalue weighted by Gasteiger charge is 2.31. The Hall–Kier alpha value is -3.10. The maximum absolute atomic E-state index is 13.2. The molecule has 1 atom stereocenters. The molecule has 2 aliphatic heterocycles. The molecule has 1 aromatic carbocycles. The molecular formula is C26H32N6O2. The zero-order valence-corrected chi connectivity index (χ0v) is 19.8. The molecule has 0 saturated carbocycles. The number of amides is 1. The average molecular weight is 461 g/mol. The number of carbonyl (C=O) groups excluding carboxylic acids is 1. The van der Waals surface area contributed by atoms with E-state index >= 15 is 0 Å². The lowest BCUT2D eigenvalue weighted by atomic mass is 9.96. The van der Waals surface area contributed by atoms with Gasteiger partial charge in [-0.1, -0.05) is 41.1 Å². The molecule has 5 rings (SSSR count). The first-order chi connectivity index (χ1) is 16.6. The van der Waals surface area contributed by atoms with Gasteiger partial charge >= 0.3 is 0 Å². The predicted molar refractivity (Wildman–Crippen MR) is 129 cm³/mol. The number of benzene rings is 1. The van der Waals surface area contributed by atoms with Gasteiger partial charge in [0.05, 0.1) is 12.5 Å². The van der Waals surface area contributed by atoms with Crippen molar-refractivity contribution in [1.29, 1.82) is 0 Å². The first-order valence-electron chi connectivity index (χ1n) is 12.2. The highest BCUT2D eigenvalue weighted by atomic mass is 16.5. The summed E-state index contributed by atoms with van der Waals surface area (Å²) < 4.78 is 5.49. The normalized spacial score (nSPS) is 19.9. The van der Waals surface area contributed by atoms with Gasteiger partial charge in [0.15, 0.2) is 0 Å². The molecule has 34 heavy (non-hydrogen) atoms. The fourth-order valence-corrected chi connectivity index (χ4v) is 4.87. The summed E-state index contributed by atoms with van der Waals surface area (Å²) in [5.41, 5.74) is 3.37. The summed E-state index contributed by atoms with van der Waals surface area (Å²) in [6, 6.07) is 12.2. The second kappa shape index (κ2) is 10.4. The second-order valence-electron chi connectivity index (χ2n) is 9.41. The zero-order valence-electron chi connectivity index (χ0n) is 19.8. The Balaban J connectivity index is 1.10. The third-order valence-electron chi connectivity index (χ3n) is 6.80. The number of aryl methyl sites for hydroxylation is 1. The van der Waals surface area contributed by atoms with Gasteiger partial charge in [0.1, 0.15) is 0 Å². The van der Waals surface area contributed by atoms with Crippen molar-refractivity contribution in [3.8, 4) is 11.4 Å². The van der Waals surface area contributed by atoms with Crippen LogP contribution in [-0.2, 0) is 17.9 Å². The van der Waals surface area contributed by atoms with Crippen molar-refractivity contribution in [1.82, 2.24) is 29.8 Å². The molecule has 3 aromatic rings. The zero-order chi connectivity index (χ0) is 23.3. The number of nitrogens with zero attached hydrogens (tertiary/aromatic N) is 6. The van der Waals surface area contributed by atoms with E-state index in [-0.39, 0.29) is 5.92 Å². The number of piperazine rings is 1. The van der Waals surface area contributed by atoms with Crippen LogP contribution in [0.5, 0.6) is 0 Å². The molecule has 2 aromatic heterocycles. The van der Waals surface area contributed by atoms with Crippen molar-refractivity contribution in [2.24, 2.45) is 5.92 Å². The maximum Gasteiger partial charge on any atom is 0.241 e. The largest absolute Gasteiger partial charge is 0.340 e. The van der Waals surface area contributed by atoms with Crippen molar-refractivity contribution in [3.05, 3.63) is 65.8 Å². The fourth-order valence-electron chi connectivity index (χ4n) is 4.87. The first-order valence-corrected chi connectivity index (χ1v) is 12.2. The van der Waals surface area contributed by atoms with E-state index in [1.54, 1.807) is 6.20 Å². The van der Waals surface area contributed by atoms with Crippen LogP contribution in [0.4, 0.5) is 0 Å². The number of likely N-dealkylation sites (tertiary alicyclic amines) is 1. The van der Waals surface area contributed by atoms with E-state index in [1.807, 2.05) is 41.4 Å². The highest BCUT2D eigenvalue weighted by molar-refractivity contribution is 5.79. The molecule has 4 heterocycles. The van der Waals surface area contributed by atoms with Crippen molar-refractivity contribution < 1.29 is 9.32 Å². The lowest BCUT2D eigenvalue weighted by Crippen LogP contribution is -2.52. The van der Waals surface area contributed by atoms with Crippen LogP contribution < -0.4 is 0 Å². The Morgan fingerprint density at radius 2 is 1.85 bits per heavy atom. The molecule has 1 unspecified atom stereocenters. The minimum Gasteiger partial charge on any atom is -0.340 e. The number of rotatable bonds is 6. The Morgan fingerprint density at radius 1 is 1.03 bits per heavy atom. The molecule has 0 spiro atoms. The minimum absolute atomic E-state index is 0.0879. The Labute approximate surface area is 200 Å². The summed E-state index contributed by atoms with van der Waals surface area (Å²) in [7, 11) is 0. The van der Waals surface area contributed by atoms with Gasteiger partial charge in [-0.25, -0.2) is 0 Å². The molecule has 2 aliphatic rings. The summed E-state index contributed by atoms with van der Waals surface area (Å²) in [4.78, 5) is 28.7. The maximum atomic E-state index is 13.2. The van der Waals surface area contributed by atoms with Crippen LogP contribution in [0, 0.1) is 12.8 Å². The number of pyridine rings is 1. The molecule has 8 nitrogen and oxygen atoms in total. The number of piperidine rings is 1. The van der Waals surface area contributed by atoms with E-state index in [2.05, 4.69) is 37.9 Å². The molecule has 1 amide bonds. The van der Waals surface area contributed by atoms with Crippen LogP contribution in [0.15, 0.2) is 53.3 Å². The summed E-state index contributed by atoms with van der Waals surface area (Å²) in [6.45, 7) is 8.54. The summed E-state index contributed by atoms with van der Waals surface area (Å²) in [6.07, 6.45) is 5.76.